The summed E-state index contributed by atoms with van der Waals surface area (Å²) in [6.07, 6.45) is 1.70. The molecule has 102 valence electrons. The van der Waals surface area contributed by atoms with Gasteiger partial charge < -0.3 is 9.84 Å². The summed E-state index contributed by atoms with van der Waals surface area (Å²) in [6, 6.07) is 1.94. The van der Waals surface area contributed by atoms with E-state index in [2.05, 4.69) is 4.98 Å². The van der Waals surface area contributed by atoms with E-state index in [4.69, 9.17) is 4.74 Å². The summed E-state index contributed by atoms with van der Waals surface area (Å²) in [5.74, 6) is -1.75. The molecule has 0 spiro atoms. The molecule has 5 nitrogen and oxygen atoms in total. The number of carbonyl (C=O) groups excluding carboxylic acids is 1. The number of hydrogen-bond acceptors (Lipinski definition) is 4. The first-order valence-corrected chi connectivity index (χ1v) is 6.27. The van der Waals surface area contributed by atoms with Crippen molar-refractivity contribution in [2.45, 2.75) is 45.6 Å². The van der Waals surface area contributed by atoms with Crippen LogP contribution in [0, 0.1) is 13.8 Å². The molecule has 1 aromatic rings. The van der Waals surface area contributed by atoms with Crippen molar-refractivity contribution in [2.75, 3.05) is 0 Å². The first-order chi connectivity index (χ1) is 8.86. The van der Waals surface area contributed by atoms with Crippen molar-refractivity contribution in [3.8, 4) is 0 Å². The van der Waals surface area contributed by atoms with Crippen molar-refractivity contribution < 1.29 is 19.4 Å². The number of aliphatic carboxylic acids is 1. The van der Waals surface area contributed by atoms with E-state index in [9.17, 15) is 14.7 Å². The van der Waals surface area contributed by atoms with Gasteiger partial charge in [0, 0.05) is 19.0 Å². The predicted octanol–water partition coefficient (Wildman–Crippen LogP) is 1.88. The van der Waals surface area contributed by atoms with Crippen LogP contribution in [0.25, 0.3) is 0 Å². The fourth-order valence-corrected chi connectivity index (χ4v) is 2.54. The summed E-state index contributed by atoms with van der Waals surface area (Å²) >= 11 is 0. The van der Waals surface area contributed by atoms with Gasteiger partial charge in [0.05, 0.1) is 5.69 Å². The summed E-state index contributed by atoms with van der Waals surface area (Å²) in [4.78, 5) is 27.3. The van der Waals surface area contributed by atoms with Crippen LogP contribution in [0.1, 0.15) is 42.3 Å². The highest BCUT2D eigenvalue weighted by atomic mass is 16.6. The molecular weight excluding hydrogens is 246 g/mol. The number of carbonyl (C=O) groups is 2. The number of aromatic nitrogens is 1. The van der Waals surface area contributed by atoms with Gasteiger partial charge in [0.25, 0.3) is 0 Å². The van der Waals surface area contributed by atoms with Crippen molar-refractivity contribution >= 4 is 11.9 Å². The highest BCUT2D eigenvalue weighted by molar-refractivity contribution is 5.83. The average molecular weight is 263 g/mol. The van der Waals surface area contributed by atoms with Crippen LogP contribution >= 0.6 is 0 Å². The minimum atomic E-state index is -1.63. The molecule has 1 N–H and O–H groups in total. The number of pyridine rings is 1. The van der Waals surface area contributed by atoms with Gasteiger partial charge in [0.2, 0.25) is 5.60 Å². The largest absolute Gasteiger partial charge is 0.478 e. The van der Waals surface area contributed by atoms with Gasteiger partial charge in [0.15, 0.2) is 0 Å². The van der Waals surface area contributed by atoms with E-state index in [1.165, 1.54) is 6.92 Å². The third kappa shape index (κ3) is 2.20. The molecule has 0 saturated carbocycles. The van der Waals surface area contributed by atoms with Gasteiger partial charge in [-0.05, 0) is 37.8 Å². The lowest BCUT2D eigenvalue weighted by atomic mass is 9.81. The molecule has 0 aliphatic heterocycles. The SMILES string of the molecule is CC(=O)OC1(C(=O)O)CCCc2cc(C)c(C)nc21. The van der Waals surface area contributed by atoms with Crippen LogP contribution in [0.4, 0.5) is 0 Å². The highest BCUT2D eigenvalue weighted by Gasteiger charge is 2.48. The third-order valence-electron chi connectivity index (χ3n) is 3.57. The lowest BCUT2D eigenvalue weighted by molar-refractivity contribution is -0.181. The van der Waals surface area contributed by atoms with Crippen molar-refractivity contribution in [3.63, 3.8) is 0 Å². The van der Waals surface area contributed by atoms with Gasteiger partial charge >= 0.3 is 11.9 Å². The van der Waals surface area contributed by atoms with Gasteiger partial charge in [-0.1, -0.05) is 6.07 Å². The Morgan fingerprint density at radius 1 is 1.42 bits per heavy atom. The predicted molar refractivity (Wildman–Crippen MR) is 67.7 cm³/mol. The van der Waals surface area contributed by atoms with Crippen LogP contribution in [0.2, 0.25) is 0 Å². The number of hydrogen-bond donors (Lipinski definition) is 1. The van der Waals surface area contributed by atoms with E-state index in [0.717, 1.165) is 23.2 Å². The number of rotatable bonds is 2. The summed E-state index contributed by atoms with van der Waals surface area (Å²) in [7, 11) is 0. The van der Waals surface area contributed by atoms with Crippen LogP contribution in [-0.2, 0) is 26.3 Å². The van der Waals surface area contributed by atoms with Gasteiger partial charge in [-0.25, -0.2) is 4.79 Å². The number of aryl methyl sites for hydroxylation is 3. The summed E-state index contributed by atoms with van der Waals surface area (Å²) in [5.41, 5.74) is 1.39. The number of carboxylic acid groups (broad SMARTS) is 1. The summed E-state index contributed by atoms with van der Waals surface area (Å²) < 4.78 is 5.16. The topological polar surface area (TPSA) is 76.5 Å². The zero-order valence-corrected chi connectivity index (χ0v) is 11.3. The van der Waals surface area contributed by atoms with Crippen molar-refractivity contribution in [3.05, 3.63) is 28.6 Å². The lowest BCUT2D eigenvalue weighted by Gasteiger charge is -2.33. The lowest BCUT2D eigenvalue weighted by Crippen LogP contribution is -2.44. The van der Waals surface area contributed by atoms with Crippen molar-refractivity contribution in [1.82, 2.24) is 4.98 Å². The molecule has 2 rings (SSSR count). The van der Waals surface area contributed by atoms with E-state index in [0.29, 0.717) is 12.1 Å². The van der Waals surface area contributed by atoms with E-state index in [1.54, 1.807) is 0 Å². The van der Waals surface area contributed by atoms with Crippen LogP contribution in [0.5, 0.6) is 0 Å². The van der Waals surface area contributed by atoms with Crippen LogP contribution in [0.3, 0.4) is 0 Å². The molecule has 0 bridgehead atoms. The minimum absolute atomic E-state index is 0.268. The molecule has 0 amide bonds. The maximum atomic E-state index is 11.7. The molecule has 1 atom stereocenters. The van der Waals surface area contributed by atoms with Crippen molar-refractivity contribution in [2.24, 2.45) is 0 Å². The first kappa shape index (κ1) is 13.5. The molecule has 1 aliphatic carbocycles. The molecule has 1 aromatic heterocycles. The minimum Gasteiger partial charge on any atom is -0.478 e. The maximum absolute atomic E-state index is 11.7. The van der Waals surface area contributed by atoms with Crippen LogP contribution < -0.4 is 0 Å². The fourth-order valence-electron chi connectivity index (χ4n) is 2.54. The Morgan fingerprint density at radius 3 is 2.68 bits per heavy atom. The quantitative estimate of drug-likeness (QED) is 0.824. The van der Waals surface area contributed by atoms with Gasteiger partial charge in [0.1, 0.15) is 0 Å². The molecular formula is C14H17NO4. The summed E-state index contributed by atoms with van der Waals surface area (Å²) in [6.45, 7) is 4.98. The first-order valence-electron chi connectivity index (χ1n) is 6.27. The molecule has 0 aromatic carbocycles. The van der Waals surface area contributed by atoms with E-state index in [1.807, 2.05) is 19.9 Å². The fraction of sp³-hybridized carbons (Fsp3) is 0.500. The molecule has 0 fully saturated rings. The number of carboxylic acids is 1. The second-order valence-corrected chi connectivity index (χ2v) is 4.98. The summed E-state index contributed by atoms with van der Waals surface area (Å²) in [5, 5.41) is 9.53. The van der Waals surface area contributed by atoms with Crippen LogP contribution in [-0.4, -0.2) is 22.0 Å². The van der Waals surface area contributed by atoms with E-state index >= 15 is 0 Å². The number of fused-ring (bicyclic) bond motifs is 1. The normalized spacial score (nSPS) is 21.6. The van der Waals surface area contributed by atoms with E-state index in [-0.39, 0.29) is 6.42 Å². The molecule has 1 aliphatic rings. The molecule has 1 unspecified atom stereocenters. The Kier molecular flexibility index (Phi) is 3.30. The van der Waals surface area contributed by atoms with Gasteiger partial charge in [-0.15, -0.1) is 0 Å². The molecule has 0 radical (unpaired) electrons. The zero-order chi connectivity index (χ0) is 14.2. The average Bonchev–Trinajstić information content (AvgIpc) is 2.30. The second kappa shape index (κ2) is 4.64. The Hall–Kier alpha value is -1.91. The second-order valence-electron chi connectivity index (χ2n) is 4.98. The molecule has 19 heavy (non-hydrogen) atoms. The molecule has 5 heteroatoms. The van der Waals surface area contributed by atoms with Gasteiger partial charge in [-0.2, -0.15) is 0 Å². The Morgan fingerprint density at radius 2 is 2.11 bits per heavy atom. The third-order valence-corrected chi connectivity index (χ3v) is 3.57. The Labute approximate surface area is 111 Å². The number of ether oxygens (including phenoxy) is 1. The standard InChI is InChI=1S/C14H17NO4/c1-8-7-11-5-4-6-14(13(17)18,19-10(3)16)12(11)15-9(8)2/h7H,4-6H2,1-3H3,(H,17,18). The smallest absolute Gasteiger partial charge is 0.354 e. The van der Waals surface area contributed by atoms with Gasteiger partial charge in [-0.3, -0.25) is 9.78 Å². The Balaban J connectivity index is 2.63. The monoisotopic (exact) mass is 263 g/mol. The van der Waals surface area contributed by atoms with Crippen LogP contribution in [0.15, 0.2) is 6.07 Å². The van der Waals surface area contributed by atoms with Crippen molar-refractivity contribution in [1.29, 1.82) is 0 Å². The molecule has 0 saturated heterocycles. The zero-order valence-electron chi connectivity index (χ0n) is 11.3. The number of esters is 1. The highest BCUT2D eigenvalue weighted by Crippen LogP contribution is 2.38. The maximum Gasteiger partial charge on any atom is 0.354 e. The van der Waals surface area contributed by atoms with E-state index < -0.39 is 17.5 Å². The number of nitrogens with zero attached hydrogens (tertiary/aromatic N) is 1. The Bertz CT molecular complexity index is 553. The molecule has 1 heterocycles.